The van der Waals surface area contributed by atoms with Crippen LogP contribution in [0.4, 0.5) is 0 Å². The quantitative estimate of drug-likeness (QED) is 0.514. The highest BCUT2D eigenvalue weighted by Gasteiger charge is 1.86. The Hall–Kier alpha value is -0.715. The van der Waals surface area contributed by atoms with Gasteiger partial charge in [0.1, 0.15) is 7.28 Å². The molecule has 0 saturated heterocycles. The summed E-state index contributed by atoms with van der Waals surface area (Å²) in [5, 5.41) is 0. The fraction of sp³-hybridized carbons (Fsp3) is 0.333. The summed E-state index contributed by atoms with van der Waals surface area (Å²) in [5.74, 6) is 0. The Morgan fingerprint density at radius 1 is 1.10 bits per heavy atom. The standard InChI is InChI=1S/C8H10B.CH4/c1-7-3-5-8(9-2)6-4-7;/h3-6H,1-2H3;1H4. The van der Waals surface area contributed by atoms with Gasteiger partial charge in [-0.05, 0) is 6.92 Å². The zero-order valence-electron chi connectivity index (χ0n) is 5.89. The van der Waals surface area contributed by atoms with Crippen LogP contribution >= 0.6 is 0 Å². The lowest BCUT2D eigenvalue weighted by molar-refractivity contribution is 1.49. The topological polar surface area (TPSA) is 0 Å². The first-order chi connectivity index (χ1) is 4.33. The maximum absolute atomic E-state index is 2.12. The van der Waals surface area contributed by atoms with Crippen molar-refractivity contribution < 1.29 is 0 Å². The molecule has 0 unspecified atom stereocenters. The molecule has 0 spiro atoms. The summed E-state index contributed by atoms with van der Waals surface area (Å²) in [4.78, 5) is 0. The van der Waals surface area contributed by atoms with E-state index in [4.69, 9.17) is 0 Å². The SMILES string of the molecule is C.C[B]c1ccc(C)cc1. The van der Waals surface area contributed by atoms with E-state index in [0.29, 0.717) is 0 Å². The van der Waals surface area contributed by atoms with Gasteiger partial charge in [0.25, 0.3) is 0 Å². The number of hydrogen-bond acceptors (Lipinski definition) is 0. The van der Waals surface area contributed by atoms with Gasteiger partial charge in [0.05, 0.1) is 0 Å². The molecule has 53 valence electrons. The van der Waals surface area contributed by atoms with Crippen molar-refractivity contribution in [2.45, 2.75) is 21.2 Å². The molecule has 1 aromatic rings. The van der Waals surface area contributed by atoms with Crippen molar-refractivity contribution in [2.24, 2.45) is 0 Å². The average Bonchev–Trinajstić information content (AvgIpc) is 1.90. The van der Waals surface area contributed by atoms with Gasteiger partial charge in [-0.15, -0.1) is 0 Å². The van der Waals surface area contributed by atoms with Gasteiger partial charge in [0, 0.05) is 0 Å². The molecule has 0 aliphatic rings. The van der Waals surface area contributed by atoms with Crippen LogP contribution in [0.15, 0.2) is 24.3 Å². The third-order valence-electron chi connectivity index (χ3n) is 1.41. The van der Waals surface area contributed by atoms with E-state index in [0.717, 1.165) is 0 Å². The summed E-state index contributed by atoms with van der Waals surface area (Å²) in [6, 6.07) is 8.48. The Labute approximate surface area is 64.5 Å². The molecule has 0 aliphatic carbocycles. The zero-order chi connectivity index (χ0) is 6.69. The molecule has 1 rings (SSSR count). The fourth-order valence-corrected chi connectivity index (χ4v) is 0.759. The van der Waals surface area contributed by atoms with Crippen LogP contribution in [0.2, 0.25) is 6.82 Å². The minimum atomic E-state index is 0. The first kappa shape index (κ1) is 9.28. The highest BCUT2D eigenvalue weighted by atomic mass is 13.8. The first-order valence-corrected chi connectivity index (χ1v) is 3.19. The predicted molar refractivity (Wildman–Crippen MR) is 49.2 cm³/mol. The van der Waals surface area contributed by atoms with E-state index in [-0.39, 0.29) is 7.43 Å². The van der Waals surface area contributed by atoms with Gasteiger partial charge in [0.2, 0.25) is 0 Å². The van der Waals surface area contributed by atoms with Gasteiger partial charge in [-0.3, -0.25) is 0 Å². The predicted octanol–water partition coefficient (Wildman–Crippen LogP) is 2.01. The van der Waals surface area contributed by atoms with Crippen LogP contribution in [-0.4, -0.2) is 7.28 Å². The number of rotatable bonds is 1. The molecule has 0 nitrogen and oxygen atoms in total. The van der Waals surface area contributed by atoms with E-state index < -0.39 is 0 Å². The van der Waals surface area contributed by atoms with Crippen molar-refractivity contribution in [3.05, 3.63) is 29.8 Å². The molecule has 0 N–H and O–H groups in total. The average molecular weight is 133 g/mol. The minimum Gasteiger partial charge on any atom is -0.0881 e. The van der Waals surface area contributed by atoms with Crippen LogP contribution in [0.5, 0.6) is 0 Å². The normalized spacial score (nSPS) is 8.20. The summed E-state index contributed by atoms with van der Waals surface area (Å²) in [5.41, 5.74) is 2.61. The molecular weight excluding hydrogens is 119 g/mol. The van der Waals surface area contributed by atoms with Crippen LogP contribution in [0, 0.1) is 6.92 Å². The Morgan fingerprint density at radius 2 is 1.60 bits per heavy atom. The number of benzene rings is 1. The third-order valence-corrected chi connectivity index (χ3v) is 1.41. The Balaban J connectivity index is 0.000000810. The van der Waals surface area contributed by atoms with Gasteiger partial charge in [-0.2, -0.15) is 0 Å². The van der Waals surface area contributed by atoms with E-state index in [9.17, 15) is 0 Å². The lowest BCUT2D eigenvalue weighted by Gasteiger charge is -1.93. The van der Waals surface area contributed by atoms with Gasteiger partial charge >= 0.3 is 0 Å². The third kappa shape index (κ3) is 2.26. The summed E-state index contributed by atoms with van der Waals surface area (Å²) in [6.07, 6.45) is 0. The number of aryl methyl sites for hydroxylation is 1. The fourth-order valence-electron chi connectivity index (χ4n) is 0.759. The van der Waals surface area contributed by atoms with Crippen LogP contribution < -0.4 is 5.46 Å². The van der Waals surface area contributed by atoms with Crippen molar-refractivity contribution >= 4 is 12.7 Å². The van der Waals surface area contributed by atoms with Crippen LogP contribution in [0.3, 0.4) is 0 Å². The van der Waals surface area contributed by atoms with Crippen molar-refractivity contribution in [2.75, 3.05) is 0 Å². The summed E-state index contributed by atoms with van der Waals surface area (Å²) in [7, 11) is 2.10. The van der Waals surface area contributed by atoms with Gasteiger partial charge in [-0.1, -0.05) is 49.5 Å². The Kier molecular flexibility index (Phi) is 3.86. The maximum atomic E-state index is 2.12. The lowest BCUT2D eigenvalue weighted by Crippen LogP contribution is -2.08. The van der Waals surface area contributed by atoms with Gasteiger partial charge < -0.3 is 0 Å². The van der Waals surface area contributed by atoms with E-state index in [1.54, 1.807) is 0 Å². The largest absolute Gasteiger partial charge is 0.148 e. The van der Waals surface area contributed by atoms with Crippen molar-refractivity contribution in [1.82, 2.24) is 0 Å². The Bertz CT molecular complexity index is 176. The number of hydrogen-bond donors (Lipinski definition) is 0. The van der Waals surface area contributed by atoms with E-state index >= 15 is 0 Å². The highest BCUT2D eigenvalue weighted by Crippen LogP contribution is 1.91. The monoisotopic (exact) mass is 133 g/mol. The van der Waals surface area contributed by atoms with Crippen molar-refractivity contribution in [3.63, 3.8) is 0 Å². The van der Waals surface area contributed by atoms with E-state index in [1.165, 1.54) is 11.0 Å². The molecule has 1 aromatic carbocycles. The maximum Gasteiger partial charge on any atom is 0.148 e. The van der Waals surface area contributed by atoms with Crippen LogP contribution in [0.25, 0.3) is 0 Å². The van der Waals surface area contributed by atoms with Gasteiger partial charge in [-0.25, -0.2) is 0 Å². The molecular formula is C9H14B. The van der Waals surface area contributed by atoms with Crippen LogP contribution in [-0.2, 0) is 0 Å². The van der Waals surface area contributed by atoms with Crippen molar-refractivity contribution in [3.8, 4) is 0 Å². The summed E-state index contributed by atoms with van der Waals surface area (Å²) in [6.45, 7) is 4.14. The molecule has 1 heteroatoms. The molecule has 0 saturated carbocycles. The summed E-state index contributed by atoms with van der Waals surface area (Å²) >= 11 is 0. The molecule has 0 amide bonds. The van der Waals surface area contributed by atoms with Crippen LogP contribution in [0.1, 0.15) is 13.0 Å². The first-order valence-electron chi connectivity index (χ1n) is 3.19. The minimum absolute atomic E-state index is 0. The molecule has 0 aromatic heterocycles. The molecule has 0 aliphatic heterocycles. The zero-order valence-corrected chi connectivity index (χ0v) is 5.89. The molecule has 0 heterocycles. The lowest BCUT2D eigenvalue weighted by atomic mass is 9.73. The van der Waals surface area contributed by atoms with Crippen molar-refractivity contribution in [1.29, 1.82) is 0 Å². The summed E-state index contributed by atoms with van der Waals surface area (Å²) < 4.78 is 0. The Morgan fingerprint density at radius 3 is 2.00 bits per heavy atom. The highest BCUT2D eigenvalue weighted by molar-refractivity contribution is 6.51. The smallest absolute Gasteiger partial charge is 0.0881 e. The molecule has 0 atom stereocenters. The molecule has 10 heavy (non-hydrogen) atoms. The second-order valence-electron chi connectivity index (χ2n) is 2.20. The molecule has 0 bridgehead atoms. The van der Waals surface area contributed by atoms with Gasteiger partial charge in [0.15, 0.2) is 0 Å². The molecule has 1 radical (unpaired) electrons. The van der Waals surface area contributed by atoms with E-state index in [2.05, 4.69) is 38.5 Å². The van der Waals surface area contributed by atoms with E-state index in [1.807, 2.05) is 6.82 Å². The second-order valence-corrected chi connectivity index (χ2v) is 2.20. The molecule has 0 fully saturated rings. The second kappa shape index (κ2) is 4.16.